The Morgan fingerprint density at radius 3 is 2.42 bits per heavy atom. The van der Waals surface area contributed by atoms with E-state index in [2.05, 4.69) is 26.8 Å². The molecule has 0 heteroatoms. The fourth-order valence-electron chi connectivity index (χ4n) is 1.94. The van der Waals surface area contributed by atoms with Crippen molar-refractivity contribution in [1.82, 2.24) is 0 Å². The molecule has 12 heavy (non-hydrogen) atoms. The third kappa shape index (κ3) is 2.00. The van der Waals surface area contributed by atoms with Crippen LogP contribution in [0.3, 0.4) is 0 Å². The minimum Gasteiger partial charge on any atom is -0.0770 e. The Bertz CT molecular complexity index is 206. The summed E-state index contributed by atoms with van der Waals surface area (Å²) >= 11 is 0. The second-order valence-electron chi connectivity index (χ2n) is 3.69. The molecule has 68 valence electrons. The molecule has 0 heterocycles. The number of hydrogen-bond donors (Lipinski definition) is 0. The smallest absolute Gasteiger partial charge is 0.0130 e. The van der Waals surface area contributed by atoms with Crippen LogP contribution in [0.2, 0.25) is 0 Å². The van der Waals surface area contributed by atoms with Crippen molar-refractivity contribution < 1.29 is 0 Å². The monoisotopic (exact) mass is 164 g/mol. The summed E-state index contributed by atoms with van der Waals surface area (Å²) in [5.74, 6) is 0. The molecular formula is C12H20. The van der Waals surface area contributed by atoms with E-state index in [1.54, 1.807) is 16.7 Å². The van der Waals surface area contributed by atoms with Gasteiger partial charge in [-0.25, -0.2) is 0 Å². The van der Waals surface area contributed by atoms with E-state index >= 15 is 0 Å². The minimum atomic E-state index is 1.21. The molecule has 0 radical (unpaired) electrons. The molecule has 0 fully saturated rings. The van der Waals surface area contributed by atoms with E-state index in [4.69, 9.17) is 0 Å². The molecular weight excluding hydrogens is 144 g/mol. The van der Waals surface area contributed by atoms with Gasteiger partial charge < -0.3 is 0 Å². The first kappa shape index (κ1) is 9.57. The highest BCUT2D eigenvalue weighted by atomic mass is 14.2. The minimum absolute atomic E-state index is 1.21. The molecule has 0 spiro atoms. The van der Waals surface area contributed by atoms with Crippen LogP contribution in [0.5, 0.6) is 0 Å². The molecule has 0 aromatic heterocycles. The van der Waals surface area contributed by atoms with Gasteiger partial charge in [0.15, 0.2) is 0 Å². The topological polar surface area (TPSA) is 0 Å². The van der Waals surface area contributed by atoms with Crippen LogP contribution in [-0.2, 0) is 0 Å². The largest absolute Gasteiger partial charge is 0.0770 e. The Labute approximate surface area is 76.4 Å². The lowest BCUT2D eigenvalue weighted by atomic mass is 9.99. The van der Waals surface area contributed by atoms with Gasteiger partial charge in [0.2, 0.25) is 0 Å². The van der Waals surface area contributed by atoms with Crippen molar-refractivity contribution in [3.63, 3.8) is 0 Å². The second-order valence-corrected chi connectivity index (χ2v) is 3.69. The molecule has 0 saturated heterocycles. The lowest BCUT2D eigenvalue weighted by Crippen LogP contribution is -1.87. The van der Waals surface area contributed by atoms with Crippen molar-refractivity contribution in [3.05, 3.63) is 22.8 Å². The molecule has 0 N–H and O–H groups in total. The Hall–Kier alpha value is -0.520. The lowest BCUT2D eigenvalue weighted by molar-refractivity contribution is 0.853. The van der Waals surface area contributed by atoms with Gasteiger partial charge in [-0.2, -0.15) is 0 Å². The van der Waals surface area contributed by atoms with E-state index in [1.807, 2.05) is 0 Å². The Kier molecular flexibility index (Phi) is 3.58. The fourth-order valence-corrected chi connectivity index (χ4v) is 1.94. The molecule has 1 aliphatic carbocycles. The maximum Gasteiger partial charge on any atom is -0.0130 e. The Balaban J connectivity index is 2.64. The summed E-state index contributed by atoms with van der Waals surface area (Å²) in [7, 11) is 0. The molecule has 0 amide bonds. The molecule has 0 atom stereocenters. The lowest BCUT2D eigenvalue weighted by Gasteiger charge is -2.07. The van der Waals surface area contributed by atoms with Crippen LogP contribution >= 0.6 is 0 Å². The Morgan fingerprint density at radius 2 is 1.83 bits per heavy atom. The zero-order chi connectivity index (χ0) is 8.97. The standard InChI is InChI=1S/C12H20/c1-4-6-11-9-8-10(3)12(11)7-5-2/h9H,4-8H2,1-3H3. The summed E-state index contributed by atoms with van der Waals surface area (Å²) in [6, 6.07) is 0. The third-order valence-corrected chi connectivity index (χ3v) is 2.58. The second kappa shape index (κ2) is 4.49. The van der Waals surface area contributed by atoms with Gasteiger partial charge in [-0.05, 0) is 37.3 Å². The molecule has 1 aliphatic rings. The molecule has 0 aromatic carbocycles. The molecule has 1 rings (SSSR count). The summed E-state index contributed by atoms with van der Waals surface area (Å²) in [6.07, 6.45) is 8.78. The van der Waals surface area contributed by atoms with Crippen molar-refractivity contribution in [2.75, 3.05) is 0 Å². The summed E-state index contributed by atoms with van der Waals surface area (Å²) in [5.41, 5.74) is 4.91. The van der Waals surface area contributed by atoms with E-state index in [0.29, 0.717) is 0 Å². The van der Waals surface area contributed by atoms with E-state index in [1.165, 1.54) is 32.1 Å². The normalized spacial score (nSPS) is 17.1. The molecule has 0 unspecified atom stereocenters. The quantitative estimate of drug-likeness (QED) is 0.583. The van der Waals surface area contributed by atoms with Gasteiger partial charge in [-0.15, -0.1) is 0 Å². The maximum absolute atomic E-state index is 2.42. The van der Waals surface area contributed by atoms with Gasteiger partial charge >= 0.3 is 0 Å². The third-order valence-electron chi connectivity index (χ3n) is 2.58. The average molecular weight is 164 g/mol. The van der Waals surface area contributed by atoms with Gasteiger partial charge in [0, 0.05) is 0 Å². The van der Waals surface area contributed by atoms with E-state index in [9.17, 15) is 0 Å². The highest BCUT2D eigenvalue weighted by Crippen LogP contribution is 2.31. The molecule has 0 nitrogen and oxygen atoms in total. The first-order valence-corrected chi connectivity index (χ1v) is 5.17. The van der Waals surface area contributed by atoms with Gasteiger partial charge in [-0.1, -0.05) is 38.3 Å². The van der Waals surface area contributed by atoms with Crippen LogP contribution < -0.4 is 0 Å². The summed E-state index contributed by atoms with van der Waals surface area (Å²) in [5, 5.41) is 0. The average Bonchev–Trinajstić information content (AvgIpc) is 2.37. The summed E-state index contributed by atoms with van der Waals surface area (Å²) in [6.45, 7) is 6.81. The maximum atomic E-state index is 2.42. The van der Waals surface area contributed by atoms with E-state index in [0.717, 1.165) is 0 Å². The first-order valence-electron chi connectivity index (χ1n) is 5.17. The highest BCUT2D eigenvalue weighted by molar-refractivity contribution is 5.41. The van der Waals surface area contributed by atoms with Gasteiger partial charge in [0.05, 0.1) is 0 Å². The van der Waals surface area contributed by atoms with Crippen LogP contribution in [0.25, 0.3) is 0 Å². The highest BCUT2D eigenvalue weighted by Gasteiger charge is 2.12. The predicted molar refractivity (Wildman–Crippen MR) is 55.2 cm³/mol. The van der Waals surface area contributed by atoms with Crippen LogP contribution in [0, 0.1) is 0 Å². The van der Waals surface area contributed by atoms with Crippen molar-refractivity contribution in [2.45, 2.75) is 52.9 Å². The zero-order valence-corrected chi connectivity index (χ0v) is 8.61. The summed E-state index contributed by atoms with van der Waals surface area (Å²) in [4.78, 5) is 0. The molecule has 0 aliphatic heterocycles. The summed E-state index contributed by atoms with van der Waals surface area (Å²) < 4.78 is 0. The number of hydrogen-bond acceptors (Lipinski definition) is 0. The van der Waals surface area contributed by atoms with Crippen molar-refractivity contribution in [1.29, 1.82) is 0 Å². The van der Waals surface area contributed by atoms with Gasteiger partial charge in [-0.3, -0.25) is 0 Å². The van der Waals surface area contributed by atoms with Crippen LogP contribution in [0.4, 0.5) is 0 Å². The van der Waals surface area contributed by atoms with Crippen molar-refractivity contribution in [2.24, 2.45) is 0 Å². The van der Waals surface area contributed by atoms with E-state index in [-0.39, 0.29) is 0 Å². The van der Waals surface area contributed by atoms with Gasteiger partial charge in [0.25, 0.3) is 0 Å². The van der Waals surface area contributed by atoms with Crippen molar-refractivity contribution >= 4 is 0 Å². The zero-order valence-electron chi connectivity index (χ0n) is 8.61. The number of allylic oxidation sites excluding steroid dienone is 4. The van der Waals surface area contributed by atoms with Crippen LogP contribution in [0.15, 0.2) is 22.8 Å². The first-order chi connectivity index (χ1) is 5.79. The predicted octanol–water partition coefficient (Wildman–Crippen LogP) is 4.23. The van der Waals surface area contributed by atoms with E-state index < -0.39 is 0 Å². The van der Waals surface area contributed by atoms with Crippen LogP contribution in [0.1, 0.15) is 52.9 Å². The van der Waals surface area contributed by atoms with Crippen molar-refractivity contribution in [3.8, 4) is 0 Å². The molecule has 0 saturated carbocycles. The number of rotatable bonds is 4. The molecule has 0 aromatic rings. The SMILES string of the molecule is CCCC1=CCC(C)=C1CCC. The van der Waals surface area contributed by atoms with Gasteiger partial charge in [0.1, 0.15) is 0 Å². The Morgan fingerprint density at radius 1 is 1.17 bits per heavy atom. The molecule has 0 bridgehead atoms. The fraction of sp³-hybridized carbons (Fsp3) is 0.667. The van der Waals surface area contributed by atoms with Crippen LogP contribution in [-0.4, -0.2) is 0 Å².